The molecule has 5 rings (SSSR count). The molecule has 1 N–H and O–H groups in total. The summed E-state index contributed by atoms with van der Waals surface area (Å²) in [6.45, 7) is 2.90. The molecule has 1 fully saturated rings. The minimum Gasteiger partial charge on any atom is -0.494 e. The van der Waals surface area contributed by atoms with Crippen molar-refractivity contribution in [3.63, 3.8) is 0 Å². The number of anilines is 2. The zero-order valence-corrected chi connectivity index (χ0v) is 20.5. The SMILES string of the molecule is CCOc1ccc(N2C(=O)CC(N(Cc3ccc4c(c3)OCO4)C(=S)Nc3ccccc3)C2=O)cc1. The summed E-state index contributed by atoms with van der Waals surface area (Å²) in [6.07, 6.45) is 0.00715. The van der Waals surface area contributed by atoms with Crippen molar-refractivity contribution in [2.24, 2.45) is 0 Å². The van der Waals surface area contributed by atoms with Gasteiger partial charge in [-0.1, -0.05) is 24.3 Å². The molecule has 2 aliphatic heterocycles. The first-order chi connectivity index (χ1) is 17.5. The fraction of sp³-hybridized carbons (Fsp3) is 0.222. The Bertz CT molecular complexity index is 1280. The van der Waals surface area contributed by atoms with Crippen LogP contribution in [-0.2, 0) is 16.1 Å². The predicted molar refractivity (Wildman–Crippen MR) is 139 cm³/mol. The first-order valence-corrected chi connectivity index (χ1v) is 12.0. The number of rotatable bonds is 7. The van der Waals surface area contributed by atoms with Gasteiger partial charge in [-0.15, -0.1) is 0 Å². The summed E-state index contributed by atoms with van der Waals surface area (Å²) in [7, 11) is 0. The zero-order valence-electron chi connectivity index (χ0n) is 19.7. The molecule has 0 saturated carbocycles. The molecule has 1 atom stereocenters. The molecule has 0 aliphatic carbocycles. The number of carbonyl (C=O) groups excluding carboxylic acids is 2. The van der Waals surface area contributed by atoms with Gasteiger partial charge < -0.3 is 24.4 Å². The summed E-state index contributed by atoms with van der Waals surface area (Å²) in [5.41, 5.74) is 2.16. The molecule has 1 saturated heterocycles. The molecule has 0 bridgehead atoms. The number of benzene rings is 3. The van der Waals surface area contributed by atoms with Gasteiger partial charge in [0.05, 0.1) is 18.7 Å². The second-order valence-electron chi connectivity index (χ2n) is 8.33. The molecule has 36 heavy (non-hydrogen) atoms. The Morgan fingerprint density at radius 3 is 2.56 bits per heavy atom. The quantitative estimate of drug-likeness (QED) is 0.377. The van der Waals surface area contributed by atoms with Crippen LogP contribution in [0.5, 0.6) is 17.2 Å². The van der Waals surface area contributed by atoms with E-state index in [2.05, 4.69) is 5.32 Å². The van der Waals surface area contributed by atoms with Gasteiger partial charge in [0.1, 0.15) is 11.8 Å². The molecule has 184 valence electrons. The van der Waals surface area contributed by atoms with E-state index in [1.165, 1.54) is 4.90 Å². The Kier molecular flexibility index (Phi) is 6.73. The zero-order chi connectivity index (χ0) is 25.1. The summed E-state index contributed by atoms with van der Waals surface area (Å²) >= 11 is 5.75. The molecule has 2 heterocycles. The third kappa shape index (κ3) is 4.83. The first-order valence-electron chi connectivity index (χ1n) is 11.6. The second-order valence-corrected chi connectivity index (χ2v) is 8.71. The highest BCUT2D eigenvalue weighted by Crippen LogP contribution is 2.34. The largest absolute Gasteiger partial charge is 0.494 e. The summed E-state index contributed by atoms with van der Waals surface area (Å²) in [5.74, 6) is 1.37. The maximum absolute atomic E-state index is 13.6. The molecule has 2 amide bonds. The maximum atomic E-state index is 13.6. The van der Waals surface area contributed by atoms with Crippen LogP contribution in [0.15, 0.2) is 72.8 Å². The number of nitrogens with one attached hydrogen (secondary N) is 1. The molecule has 3 aromatic carbocycles. The molecule has 8 nitrogen and oxygen atoms in total. The minimum absolute atomic E-state index is 0.00715. The van der Waals surface area contributed by atoms with Gasteiger partial charge in [0.25, 0.3) is 5.91 Å². The van der Waals surface area contributed by atoms with Crippen molar-refractivity contribution < 1.29 is 23.8 Å². The van der Waals surface area contributed by atoms with Gasteiger partial charge in [0.2, 0.25) is 12.7 Å². The molecule has 1 unspecified atom stereocenters. The predicted octanol–water partition coefficient (Wildman–Crippen LogP) is 4.35. The van der Waals surface area contributed by atoms with Crippen LogP contribution in [0.1, 0.15) is 18.9 Å². The lowest BCUT2D eigenvalue weighted by Crippen LogP contribution is -2.46. The molecular formula is C27H25N3O5S. The van der Waals surface area contributed by atoms with Gasteiger partial charge in [-0.3, -0.25) is 9.59 Å². The van der Waals surface area contributed by atoms with E-state index < -0.39 is 6.04 Å². The van der Waals surface area contributed by atoms with Gasteiger partial charge in [-0.05, 0) is 73.2 Å². The summed E-state index contributed by atoms with van der Waals surface area (Å²) in [5, 5.41) is 3.55. The smallest absolute Gasteiger partial charge is 0.257 e. The number of hydrogen-bond donors (Lipinski definition) is 1. The van der Waals surface area contributed by atoms with Gasteiger partial charge in [-0.2, -0.15) is 0 Å². The monoisotopic (exact) mass is 503 g/mol. The van der Waals surface area contributed by atoms with Crippen LogP contribution in [0.25, 0.3) is 0 Å². The lowest BCUT2D eigenvalue weighted by molar-refractivity contribution is -0.122. The Morgan fingerprint density at radius 1 is 1.06 bits per heavy atom. The molecule has 3 aromatic rings. The standard InChI is InChI=1S/C27H25N3O5S/c1-2-33-21-11-9-20(10-12-21)30-25(31)15-22(26(30)32)29(27(36)28-19-6-4-3-5-7-19)16-18-8-13-23-24(14-18)35-17-34-23/h3-14,22H,2,15-17H2,1H3,(H,28,36). The Balaban J connectivity index is 1.42. The number of hydrogen-bond acceptors (Lipinski definition) is 6. The van der Waals surface area contributed by atoms with E-state index in [1.54, 1.807) is 29.2 Å². The van der Waals surface area contributed by atoms with Crippen molar-refractivity contribution in [3.05, 3.63) is 78.4 Å². The van der Waals surface area contributed by atoms with E-state index >= 15 is 0 Å². The maximum Gasteiger partial charge on any atom is 0.257 e. The van der Waals surface area contributed by atoms with E-state index in [-0.39, 0.29) is 25.0 Å². The molecular weight excluding hydrogens is 478 g/mol. The van der Waals surface area contributed by atoms with Gasteiger partial charge >= 0.3 is 0 Å². The average Bonchev–Trinajstić information content (AvgIpc) is 3.47. The number of thiocarbonyl (C=S) groups is 1. The van der Waals surface area contributed by atoms with Gasteiger partial charge in [0.15, 0.2) is 16.6 Å². The van der Waals surface area contributed by atoms with E-state index in [0.717, 1.165) is 11.3 Å². The summed E-state index contributed by atoms with van der Waals surface area (Å²) in [6, 6.07) is 21.2. The number of para-hydroxylation sites is 1. The molecule has 0 radical (unpaired) electrons. The number of ether oxygens (including phenoxy) is 3. The van der Waals surface area contributed by atoms with Gasteiger partial charge in [-0.25, -0.2) is 4.90 Å². The Morgan fingerprint density at radius 2 is 1.81 bits per heavy atom. The molecule has 0 spiro atoms. The van der Waals surface area contributed by atoms with Crippen molar-refractivity contribution in [1.29, 1.82) is 0 Å². The number of nitrogens with zero attached hydrogens (tertiary/aromatic N) is 2. The highest BCUT2D eigenvalue weighted by Gasteiger charge is 2.43. The molecule has 0 aromatic heterocycles. The van der Waals surface area contributed by atoms with Crippen LogP contribution in [0.3, 0.4) is 0 Å². The number of fused-ring (bicyclic) bond motifs is 1. The minimum atomic E-state index is -0.766. The first kappa shape index (κ1) is 23.6. The normalized spacial score (nSPS) is 16.2. The topological polar surface area (TPSA) is 80.3 Å². The van der Waals surface area contributed by atoms with Crippen LogP contribution < -0.4 is 24.4 Å². The van der Waals surface area contributed by atoms with Crippen LogP contribution in [-0.4, -0.2) is 41.3 Å². The van der Waals surface area contributed by atoms with Crippen molar-refractivity contribution in [1.82, 2.24) is 4.90 Å². The Labute approximate surface area is 214 Å². The average molecular weight is 504 g/mol. The lowest BCUT2D eigenvalue weighted by Gasteiger charge is -2.30. The van der Waals surface area contributed by atoms with E-state index in [1.807, 2.05) is 55.5 Å². The lowest BCUT2D eigenvalue weighted by atomic mass is 10.1. The highest BCUT2D eigenvalue weighted by molar-refractivity contribution is 7.80. The van der Waals surface area contributed by atoms with Crippen molar-refractivity contribution >= 4 is 40.5 Å². The van der Waals surface area contributed by atoms with Crippen LogP contribution in [0.2, 0.25) is 0 Å². The van der Waals surface area contributed by atoms with Crippen molar-refractivity contribution in [2.45, 2.75) is 25.9 Å². The summed E-state index contributed by atoms with van der Waals surface area (Å²) in [4.78, 5) is 29.6. The van der Waals surface area contributed by atoms with Crippen molar-refractivity contribution in [2.75, 3.05) is 23.6 Å². The summed E-state index contributed by atoms with van der Waals surface area (Å²) < 4.78 is 16.4. The highest BCUT2D eigenvalue weighted by atomic mass is 32.1. The third-order valence-electron chi connectivity index (χ3n) is 5.98. The van der Waals surface area contributed by atoms with Crippen LogP contribution >= 0.6 is 12.2 Å². The molecule has 2 aliphatic rings. The third-order valence-corrected chi connectivity index (χ3v) is 6.32. The second kappa shape index (κ2) is 10.2. The number of amides is 2. The van der Waals surface area contributed by atoms with Crippen LogP contribution in [0.4, 0.5) is 11.4 Å². The van der Waals surface area contributed by atoms with E-state index in [9.17, 15) is 9.59 Å². The van der Waals surface area contributed by atoms with E-state index in [4.69, 9.17) is 26.4 Å². The Hall–Kier alpha value is -4.11. The van der Waals surface area contributed by atoms with Crippen LogP contribution in [0, 0.1) is 0 Å². The van der Waals surface area contributed by atoms with E-state index in [0.29, 0.717) is 41.2 Å². The van der Waals surface area contributed by atoms with Crippen molar-refractivity contribution in [3.8, 4) is 17.2 Å². The fourth-order valence-electron chi connectivity index (χ4n) is 4.27. The van der Waals surface area contributed by atoms with Gasteiger partial charge in [0, 0.05) is 12.2 Å². The molecule has 9 heteroatoms. The number of carbonyl (C=O) groups is 2. The fourth-order valence-corrected chi connectivity index (χ4v) is 4.57. The number of imide groups is 1.